The molecule has 8 atom stereocenters. The molecule has 3 aromatic rings. The molecule has 4 aliphatic carbocycles. The van der Waals surface area contributed by atoms with E-state index in [1.807, 2.05) is 12.1 Å². The van der Waals surface area contributed by atoms with Gasteiger partial charge in [-0.2, -0.15) is 0 Å². The van der Waals surface area contributed by atoms with Crippen molar-refractivity contribution in [3.63, 3.8) is 0 Å². The molecule has 0 bridgehead atoms. The number of ether oxygens (including phenoxy) is 4. The number of unbranched alkanes of at least 4 members (excludes halogenated alkanes) is 5. The lowest BCUT2D eigenvalue weighted by Crippen LogP contribution is -2.51. The Morgan fingerprint density at radius 1 is 0.657 bits per heavy atom. The predicted octanol–water partition coefficient (Wildman–Crippen LogP) is 15.5. The summed E-state index contributed by atoms with van der Waals surface area (Å²) in [4.78, 5) is 38.0. The molecule has 364 valence electrons. The number of hydrogen-bond acceptors (Lipinski definition) is 7. The summed E-state index contributed by atoms with van der Waals surface area (Å²) in [6, 6.07) is 18.4. The van der Waals surface area contributed by atoms with E-state index in [9.17, 15) is 27.6 Å². The van der Waals surface area contributed by atoms with Crippen molar-refractivity contribution in [1.29, 1.82) is 0 Å². The SMILES string of the molecule is CC(C)CCC[C@@H](C)[C@H]1CC[C@H]2[C@@H]3CC=C4CC(OC(=O)CCCCCCCCC(=O)Oc5ccc(-c6ccc(OC(=O)c7ccc(OC(F)(F)F)cc7)cc6)cc5)CC[C@]4(C)[C@H]3CC[C@]12C. The van der Waals surface area contributed by atoms with Crippen LogP contribution in [0.15, 0.2) is 84.4 Å². The first-order valence-electron chi connectivity index (χ1n) is 25.4. The first-order chi connectivity index (χ1) is 32.0. The van der Waals surface area contributed by atoms with E-state index < -0.39 is 18.1 Å². The number of allylic oxidation sites excluding steroid dienone is 1. The van der Waals surface area contributed by atoms with Crippen LogP contribution in [0.3, 0.4) is 0 Å². The second-order valence-corrected chi connectivity index (χ2v) is 21.3. The highest BCUT2D eigenvalue weighted by molar-refractivity contribution is 5.91. The van der Waals surface area contributed by atoms with Crippen molar-refractivity contribution in [3.8, 4) is 28.4 Å². The van der Waals surface area contributed by atoms with E-state index in [4.69, 9.17) is 14.2 Å². The Morgan fingerprint density at radius 2 is 1.25 bits per heavy atom. The van der Waals surface area contributed by atoms with Gasteiger partial charge in [-0.1, -0.05) is 115 Å². The Labute approximate surface area is 397 Å². The van der Waals surface area contributed by atoms with Gasteiger partial charge < -0.3 is 18.9 Å². The third-order valence-electron chi connectivity index (χ3n) is 16.4. The summed E-state index contributed by atoms with van der Waals surface area (Å²) in [5.41, 5.74) is 4.11. The quantitative estimate of drug-likeness (QED) is 0.0483. The maximum atomic E-state index is 13.0. The van der Waals surface area contributed by atoms with Gasteiger partial charge in [-0.3, -0.25) is 9.59 Å². The van der Waals surface area contributed by atoms with Gasteiger partial charge in [0.2, 0.25) is 0 Å². The number of esters is 3. The van der Waals surface area contributed by atoms with E-state index in [-0.39, 0.29) is 34.8 Å². The zero-order valence-electron chi connectivity index (χ0n) is 40.5. The van der Waals surface area contributed by atoms with E-state index in [0.29, 0.717) is 24.0 Å². The molecule has 0 amide bonds. The van der Waals surface area contributed by atoms with Gasteiger partial charge in [0.25, 0.3) is 0 Å². The normalized spacial score (nSPS) is 26.1. The van der Waals surface area contributed by atoms with Gasteiger partial charge in [-0.05, 0) is 164 Å². The van der Waals surface area contributed by atoms with E-state index in [1.165, 1.54) is 63.5 Å². The van der Waals surface area contributed by atoms with Gasteiger partial charge >= 0.3 is 24.3 Å². The Morgan fingerprint density at radius 3 is 1.88 bits per heavy atom. The van der Waals surface area contributed by atoms with E-state index in [2.05, 4.69) is 45.4 Å². The largest absolute Gasteiger partial charge is 0.573 e. The standard InChI is InChI=1S/C57H73F3O7/c1-38(2)13-12-14-39(3)49-31-32-50-48-30-23-43-37-47(33-35-55(43,4)51(48)34-36-56(49,50)5)65-53(62)16-11-9-7-6-8-10-15-52(61)64-44-24-17-40(18-25-44)41-19-26-45(27-20-41)66-54(63)42-21-28-46(29-22-42)67-57(58,59)60/h17-29,38-39,47-51H,6-16,30-37H2,1-5H3/t39-,47?,48+,49-,50+,51+,55+,56-/m1/s1. The summed E-state index contributed by atoms with van der Waals surface area (Å²) >= 11 is 0. The number of halogens is 3. The van der Waals surface area contributed by atoms with Crippen molar-refractivity contribution in [2.75, 3.05) is 0 Å². The molecule has 3 saturated carbocycles. The van der Waals surface area contributed by atoms with Crippen LogP contribution in [-0.2, 0) is 14.3 Å². The molecule has 0 spiro atoms. The molecule has 10 heteroatoms. The second kappa shape index (κ2) is 22.2. The molecule has 0 heterocycles. The average Bonchev–Trinajstić information content (AvgIpc) is 3.65. The molecule has 3 fully saturated rings. The monoisotopic (exact) mass is 927 g/mol. The zero-order chi connectivity index (χ0) is 47.8. The highest BCUT2D eigenvalue weighted by Gasteiger charge is 2.59. The number of hydrogen-bond donors (Lipinski definition) is 0. The summed E-state index contributed by atoms with van der Waals surface area (Å²) in [5, 5.41) is 0. The first-order valence-corrected chi connectivity index (χ1v) is 25.4. The van der Waals surface area contributed by atoms with Gasteiger partial charge in [0.1, 0.15) is 23.4 Å². The van der Waals surface area contributed by atoms with Crippen LogP contribution < -0.4 is 14.2 Å². The maximum Gasteiger partial charge on any atom is 0.573 e. The molecule has 0 saturated heterocycles. The molecule has 7 rings (SSSR count). The van der Waals surface area contributed by atoms with Crippen LogP contribution in [0.4, 0.5) is 13.2 Å². The molecule has 0 N–H and O–H groups in total. The van der Waals surface area contributed by atoms with E-state index in [1.54, 1.807) is 42.0 Å². The van der Waals surface area contributed by atoms with Crippen molar-refractivity contribution in [2.24, 2.45) is 46.3 Å². The Kier molecular flexibility index (Phi) is 16.7. The molecule has 1 unspecified atom stereocenters. The molecule has 3 aromatic carbocycles. The lowest BCUT2D eigenvalue weighted by molar-refractivity contribution is -0.274. The number of carbonyl (C=O) groups is 3. The van der Waals surface area contributed by atoms with Gasteiger partial charge in [0, 0.05) is 19.3 Å². The van der Waals surface area contributed by atoms with Crippen molar-refractivity contribution in [2.45, 2.75) is 169 Å². The molecular formula is C57H73F3O7. The number of benzene rings is 3. The molecule has 0 aliphatic heterocycles. The van der Waals surface area contributed by atoms with Crippen LogP contribution in [0.5, 0.6) is 17.2 Å². The van der Waals surface area contributed by atoms with Crippen LogP contribution in [0.1, 0.15) is 167 Å². The molecule has 67 heavy (non-hydrogen) atoms. The smallest absolute Gasteiger partial charge is 0.462 e. The topological polar surface area (TPSA) is 88.1 Å². The maximum absolute atomic E-state index is 13.0. The van der Waals surface area contributed by atoms with Gasteiger partial charge in [-0.15, -0.1) is 13.2 Å². The highest BCUT2D eigenvalue weighted by atomic mass is 19.4. The third-order valence-corrected chi connectivity index (χ3v) is 16.4. The molecule has 4 aliphatic rings. The van der Waals surface area contributed by atoms with Crippen LogP contribution in [0.25, 0.3) is 11.1 Å². The second-order valence-electron chi connectivity index (χ2n) is 21.3. The van der Waals surface area contributed by atoms with Crippen molar-refractivity contribution in [3.05, 3.63) is 90.0 Å². The molecular weight excluding hydrogens is 854 g/mol. The fourth-order valence-corrected chi connectivity index (χ4v) is 12.8. The lowest BCUT2D eigenvalue weighted by Gasteiger charge is -2.58. The van der Waals surface area contributed by atoms with Crippen molar-refractivity contribution in [1.82, 2.24) is 0 Å². The average molecular weight is 927 g/mol. The highest BCUT2D eigenvalue weighted by Crippen LogP contribution is 2.67. The van der Waals surface area contributed by atoms with E-state index >= 15 is 0 Å². The zero-order valence-corrected chi connectivity index (χ0v) is 40.5. The molecule has 7 nitrogen and oxygen atoms in total. The fourth-order valence-electron chi connectivity index (χ4n) is 12.8. The summed E-state index contributed by atoms with van der Waals surface area (Å²) in [6.07, 6.45) is 18.0. The van der Waals surface area contributed by atoms with Gasteiger partial charge in [-0.25, -0.2) is 4.79 Å². The van der Waals surface area contributed by atoms with Gasteiger partial charge in [0.15, 0.2) is 0 Å². The molecule has 0 aromatic heterocycles. The lowest BCUT2D eigenvalue weighted by atomic mass is 9.47. The van der Waals surface area contributed by atoms with Crippen LogP contribution >= 0.6 is 0 Å². The number of fused-ring (bicyclic) bond motifs is 5. The first kappa shape index (κ1) is 50.3. The van der Waals surface area contributed by atoms with Crippen molar-refractivity contribution < 1.29 is 46.5 Å². The van der Waals surface area contributed by atoms with Crippen molar-refractivity contribution >= 4 is 17.9 Å². The minimum Gasteiger partial charge on any atom is -0.462 e. The third kappa shape index (κ3) is 12.9. The van der Waals surface area contributed by atoms with E-state index in [0.717, 1.165) is 117 Å². The summed E-state index contributed by atoms with van der Waals surface area (Å²) in [5.74, 6) is 4.18. The predicted molar refractivity (Wildman–Crippen MR) is 255 cm³/mol. The molecule has 0 radical (unpaired) electrons. The summed E-state index contributed by atoms with van der Waals surface area (Å²) in [6.45, 7) is 12.5. The minimum atomic E-state index is -4.82. The Hall–Kier alpha value is -4.60. The fraction of sp³-hybridized carbons (Fsp3) is 0.596. The van der Waals surface area contributed by atoms with Crippen LogP contribution in [-0.4, -0.2) is 30.4 Å². The number of alkyl halides is 3. The summed E-state index contributed by atoms with van der Waals surface area (Å²) < 4.78 is 58.1. The Balaban J connectivity index is 0.743. The van der Waals surface area contributed by atoms with Gasteiger partial charge in [0.05, 0.1) is 5.56 Å². The number of carbonyl (C=O) groups excluding carboxylic acids is 3. The minimum absolute atomic E-state index is 0.00795. The van der Waals surface area contributed by atoms with Crippen LogP contribution in [0, 0.1) is 46.3 Å². The Bertz CT molecular complexity index is 2150. The number of rotatable bonds is 20. The summed E-state index contributed by atoms with van der Waals surface area (Å²) in [7, 11) is 0. The van der Waals surface area contributed by atoms with Crippen LogP contribution in [0.2, 0.25) is 0 Å².